The first-order chi connectivity index (χ1) is 19.2. The molecule has 1 unspecified atom stereocenters. The molecule has 11 heteroatoms. The lowest BCUT2D eigenvalue weighted by atomic mass is 10.1. The van der Waals surface area contributed by atoms with E-state index in [9.17, 15) is 4.79 Å². The van der Waals surface area contributed by atoms with Crippen LogP contribution in [0.25, 0.3) is 0 Å². The Labute approximate surface area is 239 Å². The topological polar surface area (TPSA) is 104 Å². The van der Waals surface area contributed by atoms with E-state index >= 15 is 0 Å². The molecule has 3 aromatic rings. The Morgan fingerprint density at radius 3 is 2.27 bits per heavy atom. The smallest absolute Gasteiger partial charge is 0.267 e. The van der Waals surface area contributed by atoms with Crippen LogP contribution >= 0.6 is 12.2 Å². The largest absolute Gasteiger partial charge is 0.485 e. The number of rotatable bonds is 3. The number of aliphatic imine (C=N–C) groups is 1. The summed E-state index contributed by atoms with van der Waals surface area (Å²) < 4.78 is 11.7. The van der Waals surface area contributed by atoms with Crippen LogP contribution in [0.2, 0.25) is 0 Å². The van der Waals surface area contributed by atoms with E-state index in [1.807, 2.05) is 67.3 Å². The third kappa shape index (κ3) is 6.48. The van der Waals surface area contributed by atoms with Gasteiger partial charge in [-0.3, -0.25) is 10.1 Å². The molecule has 0 bridgehead atoms. The van der Waals surface area contributed by atoms with E-state index < -0.39 is 6.10 Å². The van der Waals surface area contributed by atoms with Crippen molar-refractivity contribution in [2.45, 2.75) is 33.8 Å². The van der Waals surface area contributed by atoms with E-state index in [1.54, 1.807) is 4.90 Å². The molecule has 1 amide bonds. The van der Waals surface area contributed by atoms with E-state index in [0.717, 1.165) is 22.6 Å². The third-order valence-corrected chi connectivity index (χ3v) is 7.04. The summed E-state index contributed by atoms with van der Waals surface area (Å²) in [7, 11) is 0. The van der Waals surface area contributed by atoms with Crippen LogP contribution in [0.1, 0.15) is 22.5 Å². The standard InChI is InChI=1S/C29H33N7O3S/c1-18-9-10-22(15-19(18)2)32-29(40)34-28(33-27-30-20(3)16-21(4)31-27)36-13-11-35(12-14-36)26(37)25-17-38-23-7-5-6-8-24(23)39-25/h5-10,15-16,25H,11-14,17H2,1-4H3,(H2,30,31,32,33,34,40). The maximum atomic E-state index is 13.2. The van der Waals surface area contributed by atoms with Crippen molar-refractivity contribution in [1.82, 2.24) is 19.8 Å². The highest BCUT2D eigenvalue weighted by Crippen LogP contribution is 2.31. The Bertz CT molecular complexity index is 1430. The fourth-order valence-corrected chi connectivity index (χ4v) is 4.81. The van der Waals surface area contributed by atoms with Crippen LogP contribution in [0.4, 0.5) is 11.6 Å². The van der Waals surface area contributed by atoms with Gasteiger partial charge in [-0.25, -0.2) is 9.97 Å². The number of hydrogen-bond donors (Lipinski definition) is 2. The molecule has 2 aromatic carbocycles. The number of hydrogen-bond acceptors (Lipinski definition) is 6. The second-order valence-electron chi connectivity index (χ2n) is 9.94. The molecule has 10 nitrogen and oxygen atoms in total. The van der Waals surface area contributed by atoms with Crippen molar-refractivity contribution in [2.24, 2.45) is 4.99 Å². The number of amides is 1. The van der Waals surface area contributed by atoms with Gasteiger partial charge >= 0.3 is 0 Å². The average Bonchev–Trinajstić information content (AvgIpc) is 2.93. The van der Waals surface area contributed by atoms with E-state index in [4.69, 9.17) is 26.7 Å². The number of aryl methyl sites for hydroxylation is 4. The van der Waals surface area contributed by atoms with Gasteiger partial charge in [-0.1, -0.05) is 18.2 Å². The Morgan fingerprint density at radius 1 is 0.900 bits per heavy atom. The van der Waals surface area contributed by atoms with Gasteiger partial charge in [-0.15, -0.1) is 0 Å². The number of carbonyl (C=O) groups is 1. The number of nitrogens with zero attached hydrogens (tertiary/aromatic N) is 5. The molecule has 1 saturated heterocycles. The normalized spacial score (nSPS) is 16.9. The number of piperazine rings is 1. The van der Waals surface area contributed by atoms with Crippen LogP contribution in [0, 0.1) is 27.7 Å². The quantitative estimate of drug-likeness (QED) is 0.281. The Balaban J connectivity index is 1.29. The predicted octanol–water partition coefficient (Wildman–Crippen LogP) is 3.86. The summed E-state index contributed by atoms with van der Waals surface area (Å²) in [5.41, 5.74) is 4.92. The first kappa shape index (κ1) is 27.3. The zero-order valence-electron chi connectivity index (χ0n) is 23.1. The lowest BCUT2D eigenvalue weighted by Gasteiger charge is -2.38. The molecule has 2 aliphatic heterocycles. The van der Waals surface area contributed by atoms with Gasteiger partial charge in [-0.2, -0.15) is 4.99 Å². The van der Waals surface area contributed by atoms with Crippen LogP contribution in [0.5, 0.6) is 11.5 Å². The lowest BCUT2D eigenvalue weighted by Crippen LogP contribution is -2.56. The molecule has 3 heterocycles. The summed E-state index contributed by atoms with van der Waals surface area (Å²) in [5, 5.41) is 6.78. The molecule has 2 N–H and O–H groups in total. The molecule has 40 heavy (non-hydrogen) atoms. The minimum atomic E-state index is -0.675. The molecular weight excluding hydrogens is 526 g/mol. The second kappa shape index (κ2) is 11.9. The fraction of sp³-hybridized carbons (Fsp3) is 0.345. The SMILES string of the molecule is Cc1cc(C)nc(N/C(=N/C(=S)Nc2ccc(C)c(C)c2)N2CCN(C(=O)C3COc4ccccc4O3)CC2)n1. The van der Waals surface area contributed by atoms with Gasteiger partial charge in [0, 0.05) is 43.3 Å². The first-order valence-corrected chi connectivity index (χ1v) is 13.6. The first-order valence-electron chi connectivity index (χ1n) is 13.2. The number of benzene rings is 2. The highest BCUT2D eigenvalue weighted by Gasteiger charge is 2.33. The molecular formula is C29H33N7O3S. The number of aromatic nitrogens is 2. The van der Waals surface area contributed by atoms with Crippen molar-refractivity contribution < 1.29 is 14.3 Å². The molecule has 0 radical (unpaired) electrons. The van der Waals surface area contributed by atoms with Gasteiger partial charge in [0.1, 0.15) is 6.61 Å². The number of thiocarbonyl (C=S) groups is 1. The molecule has 1 atom stereocenters. The summed E-state index contributed by atoms with van der Waals surface area (Å²) in [4.78, 5) is 30.8. The lowest BCUT2D eigenvalue weighted by molar-refractivity contribution is -0.142. The van der Waals surface area contributed by atoms with E-state index in [-0.39, 0.29) is 12.5 Å². The van der Waals surface area contributed by atoms with E-state index in [0.29, 0.717) is 54.7 Å². The summed E-state index contributed by atoms with van der Waals surface area (Å²) >= 11 is 5.61. The van der Waals surface area contributed by atoms with Crippen molar-refractivity contribution in [1.29, 1.82) is 0 Å². The van der Waals surface area contributed by atoms with Crippen LogP contribution in [0.3, 0.4) is 0 Å². The van der Waals surface area contributed by atoms with Crippen LogP contribution < -0.4 is 20.1 Å². The maximum absolute atomic E-state index is 13.2. The second-order valence-corrected chi connectivity index (χ2v) is 10.3. The predicted molar refractivity (Wildman–Crippen MR) is 159 cm³/mol. The molecule has 208 valence electrons. The molecule has 5 rings (SSSR count). The third-order valence-electron chi connectivity index (χ3n) is 6.85. The van der Waals surface area contributed by atoms with Crippen molar-refractivity contribution in [3.63, 3.8) is 0 Å². The van der Waals surface area contributed by atoms with Crippen LogP contribution in [0.15, 0.2) is 53.5 Å². The number of ether oxygens (including phenoxy) is 2. The molecule has 0 aliphatic carbocycles. The summed E-state index contributed by atoms with van der Waals surface area (Å²) in [5.74, 6) is 2.11. The Kier molecular flexibility index (Phi) is 8.11. The Hall–Kier alpha value is -4.25. The zero-order chi connectivity index (χ0) is 28.2. The highest BCUT2D eigenvalue weighted by atomic mass is 32.1. The number of carbonyl (C=O) groups excluding carboxylic acids is 1. The van der Waals surface area contributed by atoms with Gasteiger partial charge < -0.3 is 24.6 Å². The van der Waals surface area contributed by atoms with Crippen molar-refractivity contribution in [2.75, 3.05) is 43.4 Å². The van der Waals surface area contributed by atoms with E-state index in [2.05, 4.69) is 34.4 Å². The monoisotopic (exact) mass is 559 g/mol. The highest BCUT2D eigenvalue weighted by molar-refractivity contribution is 7.80. The Morgan fingerprint density at radius 2 is 1.57 bits per heavy atom. The molecule has 0 spiro atoms. The van der Waals surface area contributed by atoms with Crippen LogP contribution in [-0.2, 0) is 4.79 Å². The zero-order valence-corrected chi connectivity index (χ0v) is 23.9. The van der Waals surface area contributed by atoms with Crippen molar-refractivity contribution >= 4 is 40.8 Å². The van der Waals surface area contributed by atoms with Crippen LogP contribution in [-0.4, -0.2) is 75.6 Å². The van der Waals surface area contributed by atoms with Gasteiger partial charge in [0.05, 0.1) is 0 Å². The fourth-order valence-electron chi connectivity index (χ4n) is 4.61. The van der Waals surface area contributed by atoms with Gasteiger partial charge in [-0.05, 0) is 81.4 Å². The van der Waals surface area contributed by atoms with Crippen molar-refractivity contribution in [3.05, 3.63) is 71.0 Å². The molecule has 1 aromatic heterocycles. The average molecular weight is 560 g/mol. The molecule has 1 fully saturated rings. The minimum Gasteiger partial charge on any atom is -0.485 e. The number of fused-ring (bicyclic) bond motifs is 1. The summed E-state index contributed by atoms with van der Waals surface area (Å²) in [6.07, 6.45) is -0.675. The number of anilines is 2. The van der Waals surface area contributed by atoms with Gasteiger partial charge in [0.15, 0.2) is 11.5 Å². The minimum absolute atomic E-state index is 0.0924. The molecule has 2 aliphatic rings. The maximum Gasteiger partial charge on any atom is 0.267 e. The number of para-hydroxylation sites is 2. The van der Waals surface area contributed by atoms with Crippen molar-refractivity contribution in [3.8, 4) is 11.5 Å². The summed E-state index contributed by atoms with van der Waals surface area (Å²) in [6, 6.07) is 15.4. The number of nitrogens with one attached hydrogen (secondary N) is 2. The van der Waals surface area contributed by atoms with Gasteiger partial charge in [0.2, 0.25) is 23.1 Å². The van der Waals surface area contributed by atoms with Gasteiger partial charge in [0.25, 0.3) is 5.91 Å². The summed E-state index contributed by atoms with van der Waals surface area (Å²) in [6.45, 7) is 10.2. The molecule has 0 saturated carbocycles. The van der Waals surface area contributed by atoms with E-state index in [1.165, 1.54) is 5.56 Å². The number of guanidine groups is 1.